The maximum Gasteiger partial charge on any atom is 0.354 e. The molecule has 0 spiro atoms. The first-order chi connectivity index (χ1) is 13.4. The van der Waals surface area contributed by atoms with Crippen molar-refractivity contribution in [3.63, 3.8) is 0 Å². The molecule has 10 heteroatoms. The van der Waals surface area contributed by atoms with Gasteiger partial charge in [-0.2, -0.15) is 0 Å². The number of methoxy groups -OCH3 is 1. The van der Waals surface area contributed by atoms with Crippen LogP contribution in [0, 0.1) is 10.1 Å². The Hall–Kier alpha value is -3.43. The maximum atomic E-state index is 12.5. The largest absolute Gasteiger partial charge is 0.464 e. The van der Waals surface area contributed by atoms with Gasteiger partial charge in [0, 0.05) is 37.5 Å². The van der Waals surface area contributed by atoms with Crippen LogP contribution in [-0.4, -0.2) is 51.0 Å². The smallest absolute Gasteiger partial charge is 0.354 e. The number of nitro groups is 1. The predicted molar refractivity (Wildman–Crippen MR) is 98.0 cm³/mol. The number of hydrogen-bond donors (Lipinski definition) is 0. The van der Waals surface area contributed by atoms with Crippen molar-refractivity contribution >= 4 is 17.6 Å². The summed E-state index contributed by atoms with van der Waals surface area (Å²) in [6.45, 7) is 0.681. The minimum Gasteiger partial charge on any atom is -0.464 e. The molecule has 1 amide bonds. The lowest BCUT2D eigenvalue weighted by Gasteiger charge is -2.33. The van der Waals surface area contributed by atoms with Gasteiger partial charge in [-0.3, -0.25) is 24.3 Å². The van der Waals surface area contributed by atoms with Crippen LogP contribution in [0.4, 0.5) is 5.69 Å². The quantitative estimate of drug-likeness (QED) is 0.432. The van der Waals surface area contributed by atoms with Crippen LogP contribution < -0.4 is 5.56 Å². The number of esters is 1. The Balaban J connectivity index is 1.64. The second-order valence-electron chi connectivity index (χ2n) is 6.51. The first kappa shape index (κ1) is 19.3. The van der Waals surface area contributed by atoms with Crippen LogP contribution in [0.25, 0.3) is 0 Å². The molecular formula is C18H20N4O6. The summed E-state index contributed by atoms with van der Waals surface area (Å²) in [5, 5.41) is 10.9. The Morgan fingerprint density at radius 3 is 2.61 bits per heavy atom. The molecule has 1 saturated heterocycles. The molecule has 0 bridgehead atoms. The highest BCUT2D eigenvalue weighted by Crippen LogP contribution is 2.25. The van der Waals surface area contributed by atoms with E-state index in [0.29, 0.717) is 31.6 Å². The van der Waals surface area contributed by atoms with E-state index in [4.69, 9.17) is 4.74 Å². The van der Waals surface area contributed by atoms with Gasteiger partial charge in [0.1, 0.15) is 12.2 Å². The number of likely N-dealkylation sites (tertiary alicyclic amines) is 1. The van der Waals surface area contributed by atoms with Crippen LogP contribution in [-0.2, 0) is 16.1 Å². The number of carbonyl (C=O) groups is 2. The maximum absolute atomic E-state index is 12.5. The Labute approximate surface area is 160 Å². The number of aromatic nitrogens is 2. The summed E-state index contributed by atoms with van der Waals surface area (Å²) < 4.78 is 7.69. The third kappa shape index (κ3) is 3.95. The summed E-state index contributed by atoms with van der Waals surface area (Å²) in [5.41, 5.74) is -0.242. The van der Waals surface area contributed by atoms with E-state index in [1.54, 1.807) is 17.0 Å². The van der Waals surface area contributed by atoms with Gasteiger partial charge in [-0.25, -0.2) is 4.79 Å². The monoisotopic (exact) mass is 388 g/mol. The third-order valence-electron chi connectivity index (χ3n) is 4.87. The molecule has 0 N–H and O–H groups in total. The SMILES string of the molecule is COC(=O)c1cccn1C1CCN(C(=O)Cn2cc([N+](=O)[O-])ccc2=O)CC1. The predicted octanol–water partition coefficient (Wildman–Crippen LogP) is 1.21. The average Bonchev–Trinajstić information content (AvgIpc) is 3.18. The van der Waals surface area contributed by atoms with E-state index in [1.807, 2.05) is 10.8 Å². The van der Waals surface area contributed by atoms with Crippen LogP contribution in [0.15, 0.2) is 41.5 Å². The Kier molecular flexibility index (Phi) is 5.57. The minimum atomic E-state index is -0.609. The van der Waals surface area contributed by atoms with Crippen molar-refractivity contribution in [1.29, 1.82) is 0 Å². The van der Waals surface area contributed by atoms with Crippen molar-refractivity contribution in [3.8, 4) is 0 Å². The number of nitrogens with zero attached hydrogens (tertiary/aromatic N) is 4. The van der Waals surface area contributed by atoms with Gasteiger partial charge < -0.3 is 14.2 Å². The van der Waals surface area contributed by atoms with Gasteiger partial charge >= 0.3 is 5.97 Å². The molecule has 0 aliphatic carbocycles. The van der Waals surface area contributed by atoms with Crippen LogP contribution in [0.2, 0.25) is 0 Å². The van der Waals surface area contributed by atoms with E-state index in [1.165, 1.54) is 7.11 Å². The number of pyridine rings is 1. The Morgan fingerprint density at radius 1 is 1.25 bits per heavy atom. The zero-order valence-electron chi connectivity index (χ0n) is 15.3. The molecule has 0 aromatic carbocycles. The lowest BCUT2D eigenvalue weighted by Crippen LogP contribution is -2.42. The lowest BCUT2D eigenvalue weighted by molar-refractivity contribution is -0.385. The van der Waals surface area contributed by atoms with E-state index in [0.717, 1.165) is 22.9 Å². The van der Waals surface area contributed by atoms with Crippen molar-refractivity contribution in [2.45, 2.75) is 25.4 Å². The van der Waals surface area contributed by atoms with Crippen molar-refractivity contribution in [1.82, 2.24) is 14.0 Å². The zero-order chi connectivity index (χ0) is 20.3. The summed E-state index contributed by atoms with van der Waals surface area (Å²) in [6, 6.07) is 5.73. The Morgan fingerprint density at radius 2 is 1.96 bits per heavy atom. The number of ether oxygens (including phenoxy) is 1. The van der Waals surface area contributed by atoms with E-state index in [-0.39, 0.29) is 24.2 Å². The molecule has 3 rings (SSSR count). The number of hydrogen-bond acceptors (Lipinski definition) is 6. The number of amides is 1. The first-order valence-corrected chi connectivity index (χ1v) is 8.78. The fraction of sp³-hybridized carbons (Fsp3) is 0.389. The standard InChI is InChI=1S/C18H20N4O6/c1-28-18(25)15-3-2-8-21(15)13-6-9-19(10-7-13)17(24)12-20-11-14(22(26)27)4-5-16(20)23/h2-5,8,11,13H,6-7,9-10,12H2,1H3. The van der Waals surface area contributed by atoms with Crippen molar-refractivity contribution < 1.29 is 19.2 Å². The van der Waals surface area contributed by atoms with E-state index >= 15 is 0 Å². The summed E-state index contributed by atoms with van der Waals surface area (Å²) in [7, 11) is 1.33. The molecular weight excluding hydrogens is 368 g/mol. The van der Waals surface area contributed by atoms with Crippen LogP contribution >= 0.6 is 0 Å². The van der Waals surface area contributed by atoms with Crippen molar-refractivity contribution in [3.05, 3.63) is 62.8 Å². The molecule has 0 atom stereocenters. The van der Waals surface area contributed by atoms with Crippen LogP contribution in [0.5, 0.6) is 0 Å². The zero-order valence-corrected chi connectivity index (χ0v) is 15.3. The Bertz CT molecular complexity index is 955. The normalized spacial score (nSPS) is 14.7. The summed E-state index contributed by atoms with van der Waals surface area (Å²) in [5.74, 6) is -0.685. The molecule has 0 unspecified atom stereocenters. The van der Waals surface area contributed by atoms with E-state index < -0.39 is 16.5 Å². The molecule has 2 aromatic rings. The second kappa shape index (κ2) is 8.07. The molecule has 10 nitrogen and oxygen atoms in total. The third-order valence-corrected chi connectivity index (χ3v) is 4.87. The second-order valence-corrected chi connectivity index (χ2v) is 6.51. The number of carbonyl (C=O) groups excluding carboxylic acids is 2. The highest BCUT2D eigenvalue weighted by atomic mass is 16.6. The molecule has 3 heterocycles. The highest BCUT2D eigenvalue weighted by Gasteiger charge is 2.26. The number of piperidine rings is 1. The summed E-state index contributed by atoms with van der Waals surface area (Å²) >= 11 is 0. The molecule has 0 saturated carbocycles. The van der Waals surface area contributed by atoms with Crippen LogP contribution in [0.1, 0.15) is 29.4 Å². The first-order valence-electron chi connectivity index (χ1n) is 8.78. The molecule has 28 heavy (non-hydrogen) atoms. The average molecular weight is 388 g/mol. The van der Waals surface area contributed by atoms with Gasteiger partial charge in [0.05, 0.1) is 18.2 Å². The van der Waals surface area contributed by atoms with Crippen molar-refractivity contribution in [2.75, 3.05) is 20.2 Å². The van der Waals surface area contributed by atoms with E-state index in [9.17, 15) is 24.5 Å². The fourth-order valence-corrected chi connectivity index (χ4v) is 3.38. The molecule has 2 aromatic heterocycles. The molecule has 1 fully saturated rings. The molecule has 0 radical (unpaired) electrons. The molecule has 1 aliphatic heterocycles. The number of rotatable bonds is 5. The molecule has 148 valence electrons. The van der Waals surface area contributed by atoms with Gasteiger partial charge in [0.2, 0.25) is 5.91 Å². The van der Waals surface area contributed by atoms with Gasteiger partial charge in [-0.15, -0.1) is 0 Å². The highest BCUT2D eigenvalue weighted by molar-refractivity contribution is 5.87. The van der Waals surface area contributed by atoms with Crippen LogP contribution in [0.3, 0.4) is 0 Å². The van der Waals surface area contributed by atoms with Crippen molar-refractivity contribution in [2.24, 2.45) is 0 Å². The topological polar surface area (TPSA) is 117 Å². The summed E-state index contributed by atoms with van der Waals surface area (Å²) in [6.07, 6.45) is 4.19. The lowest BCUT2D eigenvalue weighted by atomic mass is 10.0. The fourth-order valence-electron chi connectivity index (χ4n) is 3.38. The van der Waals surface area contributed by atoms with Gasteiger partial charge in [-0.1, -0.05) is 0 Å². The minimum absolute atomic E-state index is 0.0636. The molecule has 1 aliphatic rings. The van der Waals surface area contributed by atoms with Gasteiger partial charge in [0.15, 0.2) is 0 Å². The summed E-state index contributed by atoms with van der Waals surface area (Å²) in [4.78, 5) is 48.1. The van der Waals surface area contributed by atoms with E-state index in [2.05, 4.69) is 0 Å². The van der Waals surface area contributed by atoms with Gasteiger partial charge in [-0.05, 0) is 25.0 Å². The van der Waals surface area contributed by atoms with Gasteiger partial charge in [0.25, 0.3) is 11.2 Å².